The summed E-state index contributed by atoms with van der Waals surface area (Å²) in [4.78, 5) is 33.7. The third kappa shape index (κ3) is 2.95. The monoisotopic (exact) mass is 225 g/mol. The van der Waals surface area contributed by atoms with Crippen LogP contribution in [0.25, 0.3) is 0 Å². The molecule has 1 atom stereocenters. The Hall–Kier alpha value is -1.59. The van der Waals surface area contributed by atoms with Crippen molar-refractivity contribution in [2.24, 2.45) is 5.92 Å². The van der Waals surface area contributed by atoms with Gasteiger partial charge in [-0.1, -0.05) is 0 Å². The molecule has 1 saturated heterocycles. The van der Waals surface area contributed by atoms with Crippen LogP contribution in [0.1, 0.15) is 19.3 Å². The summed E-state index contributed by atoms with van der Waals surface area (Å²) in [6, 6.07) is 0.305. The number of carbonyl (C=O) groups excluding carboxylic acids is 3. The molecular formula is C10H15N3O3. The van der Waals surface area contributed by atoms with Gasteiger partial charge in [0.25, 0.3) is 0 Å². The highest BCUT2D eigenvalue weighted by molar-refractivity contribution is 5.91. The molecular weight excluding hydrogens is 210 g/mol. The fourth-order valence-corrected chi connectivity index (χ4v) is 1.61. The van der Waals surface area contributed by atoms with Gasteiger partial charge in [0.1, 0.15) is 0 Å². The van der Waals surface area contributed by atoms with Crippen LogP contribution in [-0.2, 0) is 14.4 Å². The molecule has 3 amide bonds. The molecule has 1 aliphatic carbocycles. The maximum Gasteiger partial charge on any atom is 0.239 e. The molecule has 0 spiro atoms. The molecule has 0 bridgehead atoms. The van der Waals surface area contributed by atoms with Crippen molar-refractivity contribution in [2.45, 2.75) is 25.3 Å². The minimum Gasteiger partial charge on any atom is -0.355 e. The van der Waals surface area contributed by atoms with E-state index in [1.165, 1.54) is 0 Å². The Morgan fingerprint density at radius 1 is 1.38 bits per heavy atom. The second kappa shape index (κ2) is 4.51. The van der Waals surface area contributed by atoms with Crippen molar-refractivity contribution in [2.75, 3.05) is 13.1 Å². The van der Waals surface area contributed by atoms with Gasteiger partial charge in [-0.05, 0) is 12.8 Å². The molecule has 2 aliphatic rings. The first-order chi connectivity index (χ1) is 7.65. The molecule has 1 aliphatic heterocycles. The molecule has 2 fully saturated rings. The molecule has 1 heterocycles. The summed E-state index contributed by atoms with van der Waals surface area (Å²) in [7, 11) is 0. The SMILES string of the molecule is O=C1CC(C(=O)NCC(=O)NC2CC2)CN1. The molecule has 0 radical (unpaired) electrons. The van der Waals surface area contributed by atoms with Gasteiger partial charge in [0.2, 0.25) is 17.7 Å². The molecule has 88 valence electrons. The van der Waals surface area contributed by atoms with E-state index < -0.39 is 0 Å². The number of rotatable bonds is 4. The van der Waals surface area contributed by atoms with E-state index in [0.29, 0.717) is 12.6 Å². The van der Waals surface area contributed by atoms with E-state index in [9.17, 15) is 14.4 Å². The van der Waals surface area contributed by atoms with E-state index in [1.807, 2.05) is 0 Å². The van der Waals surface area contributed by atoms with Crippen LogP contribution < -0.4 is 16.0 Å². The van der Waals surface area contributed by atoms with Gasteiger partial charge < -0.3 is 16.0 Å². The van der Waals surface area contributed by atoms with Gasteiger partial charge in [0.15, 0.2) is 0 Å². The number of amides is 3. The third-order valence-corrected chi connectivity index (χ3v) is 2.71. The van der Waals surface area contributed by atoms with Crippen LogP contribution in [0.4, 0.5) is 0 Å². The lowest BCUT2D eigenvalue weighted by atomic mass is 10.1. The minimum absolute atomic E-state index is 0.0000236. The summed E-state index contributed by atoms with van der Waals surface area (Å²) in [6.07, 6.45) is 2.28. The van der Waals surface area contributed by atoms with Crippen LogP contribution in [0.3, 0.4) is 0 Å². The van der Waals surface area contributed by atoms with E-state index in [2.05, 4.69) is 16.0 Å². The topological polar surface area (TPSA) is 87.3 Å². The van der Waals surface area contributed by atoms with Crippen molar-refractivity contribution in [3.63, 3.8) is 0 Å². The molecule has 0 aromatic carbocycles. The van der Waals surface area contributed by atoms with Gasteiger partial charge in [-0.15, -0.1) is 0 Å². The summed E-state index contributed by atoms with van der Waals surface area (Å²) >= 11 is 0. The van der Waals surface area contributed by atoms with Crippen molar-refractivity contribution in [1.82, 2.24) is 16.0 Å². The Morgan fingerprint density at radius 3 is 2.69 bits per heavy atom. The summed E-state index contributed by atoms with van der Waals surface area (Å²) in [5.41, 5.74) is 0. The largest absolute Gasteiger partial charge is 0.355 e. The van der Waals surface area contributed by atoms with Crippen molar-refractivity contribution in [3.8, 4) is 0 Å². The van der Waals surface area contributed by atoms with Gasteiger partial charge in [-0.3, -0.25) is 14.4 Å². The maximum atomic E-state index is 11.5. The third-order valence-electron chi connectivity index (χ3n) is 2.71. The molecule has 16 heavy (non-hydrogen) atoms. The van der Waals surface area contributed by atoms with E-state index in [-0.39, 0.29) is 36.6 Å². The van der Waals surface area contributed by atoms with Crippen molar-refractivity contribution >= 4 is 17.7 Å². The van der Waals surface area contributed by atoms with Crippen LogP contribution in [-0.4, -0.2) is 36.9 Å². The molecule has 1 unspecified atom stereocenters. The van der Waals surface area contributed by atoms with Gasteiger partial charge in [0, 0.05) is 19.0 Å². The van der Waals surface area contributed by atoms with Crippen LogP contribution in [0.5, 0.6) is 0 Å². The summed E-state index contributed by atoms with van der Waals surface area (Å²) in [6.45, 7) is 0.370. The second-order valence-corrected chi connectivity index (χ2v) is 4.26. The van der Waals surface area contributed by atoms with Crippen molar-refractivity contribution in [3.05, 3.63) is 0 Å². The van der Waals surface area contributed by atoms with Crippen molar-refractivity contribution in [1.29, 1.82) is 0 Å². The van der Waals surface area contributed by atoms with Gasteiger partial charge in [-0.25, -0.2) is 0 Å². The summed E-state index contributed by atoms with van der Waals surface area (Å²) in [5.74, 6) is -0.832. The number of carbonyl (C=O) groups is 3. The Kier molecular flexibility index (Phi) is 3.07. The first-order valence-electron chi connectivity index (χ1n) is 5.49. The summed E-state index contributed by atoms with van der Waals surface area (Å²) in [5, 5.41) is 7.89. The molecule has 3 N–H and O–H groups in total. The van der Waals surface area contributed by atoms with E-state index in [1.54, 1.807) is 0 Å². The predicted octanol–water partition coefficient (Wildman–Crippen LogP) is -1.48. The van der Waals surface area contributed by atoms with Crippen molar-refractivity contribution < 1.29 is 14.4 Å². The zero-order valence-corrected chi connectivity index (χ0v) is 8.91. The van der Waals surface area contributed by atoms with Gasteiger partial charge in [0.05, 0.1) is 12.5 Å². The number of nitrogens with one attached hydrogen (secondary N) is 3. The number of hydrogen-bond donors (Lipinski definition) is 3. The predicted molar refractivity (Wildman–Crippen MR) is 55.3 cm³/mol. The van der Waals surface area contributed by atoms with E-state index >= 15 is 0 Å². The molecule has 0 aromatic heterocycles. The van der Waals surface area contributed by atoms with Gasteiger partial charge >= 0.3 is 0 Å². The van der Waals surface area contributed by atoms with E-state index in [4.69, 9.17) is 0 Å². The van der Waals surface area contributed by atoms with Gasteiger partial charge in [-0.2, -0.15) is 0 Å². The zero-order chi connectivity index (χ0) is 11.5. The minimum atomic E-state index is -0.332. The fraction of sp³-hybridized carbons (Fsp3) is 0.700. The second-order valence-electron chi connectivity index (χ2n) is 4.26. The first-order valence-corrected chi connectivity index (χ1v) is 5.49. The van der Waals surface area contributed by atoms with E-state index in [0.717, 1.165) is 12.8 Å². The lowest BCUT2D eigenvalue weighted by Gasteiger charge is -2.08. The Morgan fingerprint density at radius 2 is 2.12 bits per heavy atom. The highest BCUT2D eigenvalue weighted by Crippen LogP contribution is 2.18. The normalized spacial score (nSPS) is 23.8. The van der Waals surface area contributed by atoms with Crippen LogP contribution in [0.15, 0.2) is 0 Å². The van der Waals surface area contributed by atoms with Crippen LogP contribution in [0.2, 0.25) is 0 Å². The highest BCUT2D eigenvalue weighted by atomic mass is 16.2. The quantitative estimate of drug-likeness (QED) is 0.545. The standard InChI is InChI=1S/C10H15N3O3/c14-8-3-6(4-11-8)10(16)12-5-9(15)13-7-1-2-7/h6-7H,1-5H2,(H,11,14)(H,12,16)(H,13,15). The number of hydrogen-bond acceptors (Lipinski definition) is 3. The highest BCUT2D eigenvalue weighted by Gasteiger charge is 2.28. The Balaban J connectivity index is 1.66. The Bertz CT molecular complexity index is 325. The fourth-order valence-electron chi connectivity index (χ4n) is 1.61. The lowest BCUT2D eigenvalue weighted by Crippen LogP contribution is -2.40. The molecule has 1 saturated carbocycles. The average molecular weight is 225 g/mol. The smallest absolute Gasteiger partial charge is 0.239 e. The lowest BCUT2D eigenvalue weighted by molar-refractivity contribution is -0.129. The van der Waals surface area contributed by atoms with Crippen LogP contribution >= 0.6 is 0 Å². The summed E-state index contributed by atoms with van der Waals surface area (Å²) < 4.78 is 0. The zero-order valence-electron chi connectivity index (χ0n) is 8.91. The first kappa shape index (κ1) is 10.9. The average Bonchev–Trinajstić information content (AvgIpc) is 2.95. The maximum absolute atomic E-state index is 11.5. The molecule has 0 aromatic rings. The molecule has 2 rings (SSSR count). The molecule has 6 heteroatoms. The molecule has 6 nitrogen and oxygen atoms in total. The van der Waals surface area contributed by atoms with Crippen LogP contribution in [0, 0.1) is 5.92 Å². The Labute approximate surface area is 93.1 Å².